The van der Waals surface area contributed by atoms with Gasteiger partial charge in [-0.25, -0.2) is 0 Å². The molecule has 0 aromatic heterocycles. The molecule has 3 nitrogen and oxygen atoms in total. The van der Waals surface area contributed by atoms with Crippen molar-refractivity contribution in [1.82, 2.24) is 0 Å². The zero-order chi connectivity index (χ0) is 16.1. The van der Waals surface area contributed by atoms with Crippen LogP contribution in [0.5, 0.6) is 0 Å². The summed E-state index contributed by atoms with van der Waals surface area (Å²) in [7, 11) is 1.69. The Balaban J connectivity index is 2.45. The van der Waals surface area contributed by atoms with E-state index < -0.39 is 0 Å². The first-order chi connectivity index (χ1) is 10.6. The van der Waals surface area contributed by atoms with Gasteiger partial charge >= 0.3 is 5.97 Å². The number of hydrogen-bond acceptors (Lipinski definition) is 3. The number of rotatable bonds is 6. The molecule has 0 amide bonds. The number of benzene rings is 1. The Morgan fingerprint density at radius 2 is 1.91 bits per heavy atom. The molecule has 120 valence electrons. The summed E-state index contributed by atoms with van der Waals surface area (Å²) in [5.74, 6) is 0.444. The first-order valence-electron chi connectivity index (χ1n) is 8.16. The zero-order valence-corrected chi connectivity index (χ0v) is 14.0. The topological polar surface area (TPSA) is 35.5 Å². The van der Waals surface area contributed by atoms with Gasteiger partial charge in [-0.05, 0) is 25.3 Å². The van der Waals surface area contributed by atoms with Gasteiger partial charge in [0.1, 0.15) is 12.0 Å². The van der Waals surface area contributed by atoms with Crippen molar-refractivity contribution < 1.29 is 14.3 Å². The van der Waals surface area contributed by atoms with E-state index in [4.69, 9.17) is 9.47 Å². The van der Waals surface area contributed by atoms with E-state index in [0.717, 1.165) is 42.6 Å². The molecule has 1 aromatic rings. The summed E-state index contributed by atoms with van der Waals surface area (Å²) in [5, 5.41) is 0. The highest BCUT2D eigenvalue weighted by Crippen LogP contribution is 2.40. The van der Waals surface area contributed by atoms with Crippen LogP contribution in [-0.4, -0.2) is 19.2 Å². The van der Waals surface area contributed by atoms with E-state index in [9.17, 15) is 4.79 Å². The second-order valence-electron chi connectivity index (χ2n) is 5.86. The molecule has 1 aliphatic heterocycles. The van der Waals surface area contributed by atoms with Crippen LogP contribution >= 0.6 is 0 Å². The lowest BCUT2D eigenvalue weighted by molar-refractivity contribution is -0.142. The Hall–Kier alpha value is -1.77. The minimum absolute atomic E-state index is 0.156. The van der Waals surface area contributed by atoms with Gasteiger partial charge in [0.15, 0.2) is 0 Å². The van der Waals surface area contributed by atoms with Gasteiger partial charge < -0.3 is 9.47 Å². The van der Waals surface area contributed by atoms with Gasteiger partial charge in [0, 0.05) is 12.0 Å². The third-order valence-corrected chi connectivity index (χ3v) is 4.26. The van der Waals surface area contributed by atoms with Gasteiger partial charge in [-0.15, -0.1) is 0 Å². The van der Waals surface area contributed by atoms with Gasteiger partial charge in [-0.2, -0.15) is 0 Å². The van der Waals surface area contributed by atoms with E-state index in [-0.39, 0.29) is 18.0 Å². The number of carbonyl (C=O) groups is 1. The Morgan fingerprint density at radius 1 is 1.23 bits per heavy atom. The molecule has 0 aliphatic carbocycles. The lowest BCUT2D eigenvalue weighted by atomic mass is 9.87. The summed E-state index contributed by atoms with van der Waals surface area (Å²) in [5.41, 5.74) is 3.20. The number of esters is 1. The number of carbonyl (C=O) groups excluding carboxylic acids is 1. The van der Waals surface area contributed by atoms with Crippen LogP contribution in [0, 0.1) is 6.92 Å². The molecule has 2 atom stereocenters. The fourth-order valence-corrected chi connectivity index (χ4v) is 3.00. The largest absolute Gasteiger partial charge is 0.501 e. The number of allylic oxidation sites excluding steroid dienone is 1. The van der Waals surface area contributed by atoms with E-state index in [0.29, 0.717) is 0 Å². The summed E-state index contributed by atoms with van der Waals surface area (Å²) in [4.78, 5) is 12.4. The maximum Gasteiger partial charge on any atom is 0.318 e. The fraction of sp³-hybridized carbons (Fsp3) is 0.526. The third-order valence-electron chi connectivity index (χ3n) is 4.26. The van der Waals surface area contributed by atoms with Crippen LogP contribution in [-0.2, 0) is 14.3 Å². The molecular weight excluding hydrogens is 276 g/mol. The molecule has 1 fully saturated rings. The fourth-order valence-electron chi connectivity index (χ4n) is 3.00. The Labute approximate surface area is 133 Å². The summed E-state index contributed by atoms with van der Waals surface area (Å²) in [6.45, 7) is 6.25. The van der Waals surface area contributed by atoms with Gasteiger partial charge in [-0.1, -0.05) is 50.1 Å². The van der Waals surface area contributed by atoms with Crippen LogP contribution in [0.25, 0.3) is 0 Å². The molecule has 0 bridgehead atoms. The first kappa shape index (κ1) is 16.6. The highest BCUT2D eigenvalue weighted by atomic mass is 16.6. The monoisotopic (exact) mass is 302 g/mol. The van der Waals surface area contributed by atoms with Crippen LogP contribution in [0.1, 0.15) is 56.6 Å². The van der Waals surface area contributed by atoms with Crippen molar-refractivity contribution in [2.45, 2.75) is 58.5 Å². The van der Waals surface area contributed by atoms with E-state index in [2.05, 4.69) is 6.92 Å². The van der Waals surface area contributed by atoms with E-state index in [1.165, 1.54) is 5.56 Å². The highest BCUT2D eigenvalue weighted by Gasteiger charge is 2.42. The van der Waals surface area contributed by atoms with Crippen molar-refractivity contribution in [3.63, 3.8) is 0 Å². The third kappa shape index (κ3) is 3.34. The average Bonchev–Trinajstić information content (AvgIpc) is 2.86. The quantitative estimate of drug-likeness (QED) is 0.573. The normalized spacial score (nSPS) is 23.4. The van der Waals surface area contributed by atoms with Crippen molar-refractivity contribution in [1.29, 1.82) is 0 Å². The summed E-state index contributed by atoms with van der Waals surface area (Å²) >= 11 is 0. The zero-order valence-electron chi connectivity index (χ0n) is 14.0. The number of ether oxygens (including phenoxy) is 2. The van der Waals surface area contributed by atoms with Crippen molar-refractivity contribution in [2.24, 2.45) is 0 Å². The van der Waals surface area contributed by atoms with Gasteiger partial charge in [-0.3, -0.25) is 4.79 Å². The number of aryl methyl sites for hydroxylation is 1. The standard InChI is InChI=1S/C19H26O3/c1-5-7-8-16(21-4)18-15(6-2)22-19(20)17(18)14-11-9-13(3)10-12-14/h9-12,15,17H,5-8H2,1-4H3/b18-16+. The number of methoxy groups -OCH3 is 1. The van der Waals surface area contributed by atoms with Gasteiger partial charge in [0.05, 0.1) is 12.9 Å². The predicted molar refractivity (Wildman–Crippen MR) is 87.7 cm³/mol. The van der Waals surface area contributed by atoms with E-state index >= 15 is 0 Å². The van der Waals surface area contributed by atoms with Gasteiger partial charge in [0.25, 0.3) is 0 Å². The molecule has 0 N–H and O–H groups in total. The first-order valence-corrected chi connectivity index (χ1v) is 8.16. The molecule has 1 aliphatic rings. The Bertz CT molecular complexity index is 542. The van der Waals surface area contributed by atoms with Crippen LogP contribution in [0.3, 0.4) is 0 Å². The maximum absolute atomic E-state index is 12.4. The average molecular weight is 302 g/mol. The van der Waals surface area contributed by atoms with E-state index in [1.807, 2.05) is 38.1 Å². The smallest absolute Gasteiger partial charge is 0.318 e. The highest BCUT2D eigenvalue weighted by molar-refractivity contribution is 5.85. The lowest BCUT2D eigenvalue weighted by Gasteiger charge is -2.17. The van der Waals surface area contributed by atoms with E-state index in [1.54, 1.807) is 7.11 Å². The number of hydrogen-bond donors (Lipinski definition) is 0. The molecule has 2 unspecified atom stereocenters. The van der Waals surface area contributed by atoms with Crippen molar-refractivity contribution in [3.05, 3.63) is 46.7 Å². The number of cyclic esters (lactones) is 1. The Kier molecular flexibility index (Phi) is 5.64. The summed E-state index contributed by atoms with van der Waals surface area (Å²) in [6.07, 6.45) is 3.63. The van der Waals surface area contributed by atoms with Crippen molar-refractivity contribution in [3.8, 4) is 0 Å². The van der Waals surface area contributed by atoms with Crippen LogP contribution < -0.4 is 0 Å². The van der Waals surface area contributed by atoms with Crippen LogP contribution in [0.2, 0.25) is 0 Å². The van der Waals surface area contributed by atoms with Crippen molar-refractivity contribution in [2.75, 3.05) is 7.11 Å². The second kappa shape index (κ2) is 7.48. The predicted octanol–water partition coefficient (Wildman–Crippen LogP) is 4.50. The molecule has 1 heterocycles. The molecule has 2 rings (SSSR count). The number of unbranched alkanes of at least 4 members (excludes halogenated alkanes) is 1. The molecule has 0 saturated carbocycles. The lowest BCUT2D eigenvalue weighted by Crippen LogP contribution is -2.12. The van der Waals surface area contributed by atoms with Crippen molar-refractivity contribution >= 4 is 5.97 Å². The SMILES string of the molecule is CCCC/C(OC)=C1/C(CC)OC(=O)C1c1ccc(C)cc1. The molecule has 1 saturated heterocycles. The molecular formula is C19H26O3. The van der Waals surface area contributed by atoms with Crippen LogP contribution in [0.15, 0.2) is 35.6 Å². The molecule has 22 heavy (non-hydrogen) atoms. The second-order valence-corrected chi connectivity index (χ2v) is 5.86. The van der Waals surface area contributed by atoms with Crippen LogP contribution in [0.4, 0.5) is 0 Å². The van der Waals surface area contributed by atoms with Gasteiger partial charge in [0.2, 0.25) is 0 Å². The molecule has 0 spiro atoms. The summed E-state index contributed by atoms with van der Waals surface area (Å²) in [6, 6.07) is 8.12. The summed E-state index contributed by atoms with van der Waals surface area (Å²) < 4.78 is 11.2. The molecule has 0 radical (unpaired) electrons. The molecule has 3 heteroatoms. The molecule has 1 aromatic carbocycles. The minimum Gasteiger partial charge on any atom is -0.501 e. The Morgan fingerprint density at radius 3 is 2.45 bits per heavy atom. The maximum atomic E-state index is 12.4. The minimum atomic E-state index is -0.322.